The van der Waals surface area contributed by atoms with Gasteiger partial charge in [-0.15, -0.1) is 0 Å². The molecule has 1 amide bonds. The minimum Gasteiger partial charge on any atom is -0.389 e. The highest BCUT2D eigenvalue weighted by Gasteiger charge is 2.16. The number of methoxy groups -OCH3 is 1. The molecule has 0 saturated heterocycles. The number of aliphatic hydroxyl groups excluding tert-OH is 1. The van der Waals surface area contributed by atoms with Crippen LogP contribution in [0.3, 0.4) is 0 Å². The topological polar surface area (TPSA) is 71.5 Å². The Morgan fingerprint density at radius 2 is 2.35 bits per heavy atom. The molecule has 1 unspecified atom stereocenters. The molecule has 0 aliphatic carbocycles. The fourth-order valence-corrected chi connectivity index (χ4v) is 1.15. The van der Waals surface area contributed by atoms with Gasteiger partial charge in [0.15, 0.2) is 5.82 Å². The Labute approximate surface area is 96.4 Å². The van der Waals surface area contributed by atoms with Crippen molar-refractivity contribution in [1.29, 1.82) is 0 Å². The second-order valence-corrected chi connectivity index (χ2v) is 3.28. The van der Waals surface area contributed by atoms with Crippen LogP contribution in [0.25, 0.3) is 0 Å². The molecule has 1 atom stereocenters. The first kappa shape index (κ1) is 13.5. The van der Waals surface area contributed by atoms with Crippen molar-refractivity contribution in [2.45, 2.75) is 6.10 Å². The molecule has 0 fully saturated rings. The molecule has 1 aromatic rings. The largest absolute Gasteiger partial charge is 0.389 e. The predicted octanol–water partition coefficient (Wildman–Crippen LogP) is 0.0969. The standard InChI is InChI=1S/C10H12F2N2O3/c1-17-5-6(15)4-14-10(16)7-2-3-13-9(12)8(7)11/h2-3,6,15H,4-5H2,1H3,(H,14,16). The van der Waals surface area contributed by atoms with Crippen LogP contribution in [-0.2, 0) is 4.74 Å². The van der Waals surface area contributed by atoms with Crippen LogP contribution < -0.4 is 5.32 Å². The molecule has 1 heterocycles. The number of carbonyl (C=O) groups is 1. The Morgan fingerprint density at radius 1 is 1.65 bits per heavy atom. The zero-order chi connectivity index (χ0) is 12.8. The molecule has 1 aromatic heterocycles. The smallest absolute Gasteiger partial charge is 0.254 e. The molecule has 17 heavy (non-hydrogen) atoms. The van der Waals surface area contributed by atoms with Crippen LogP contribution in [0.1, 0.15) is 10.4 Å². The van der Waals surface area contributed by atoms with Crippen LogP contribution in [-0.4, -0.2) is 42.4 Å². The van der Waals surface area contributed by atoms with Gasteiger partial charge in [0.2, 0.25) is 5.95 Å². The highest BCUT2D eigenvalue weighted by atomic mass is 19.2. The van der Waals surface area contributed by atoms with Gasteiger partial charge in [0, 0.05) is 19.9 Å². The molecular formula is C10H12F2N2O3. The summed E-state index contributed by atoms with van der Waals surface area (Å²) in [5, 5.41) is 11.5. The summed E-state index contributed by atoms with van der Waals surface area (Å²) in [4.78, 5) is 14.5. The number of halogens is 2. The monoisotopic (exact) mass is 246 g/mol. The minimum atomic E-state index is -1.34. The van der Waals surface area contributed by atoms with E-state index in [-0.39, 0.29) is 13.2 Å². The third-order valence-corrected chi connectivity index (χ3v) is 1.95. The van der Waals surface area contributed by atoms with Crippen molar-refractivity contribution in [3.05, 3.63) is 29.6 Å². The van der Waals surface area contributed by atoms with Crippen molar-refractivity contribution in [1.82, 2.24) is 10.3 Å². The average molecular weight is 246 g/mol. The van der Waals surface area contributed by atoms with Gasteiger partial charge in [-0.25, -0.2) is 9.37 Å². The number of hydrogen-bond acceptors (Lipinski definition) is 4. The Balaban J connectivity index is 2.61. The first-order valence-corrected chi connectivity index (χ1v) is 4.81. The zero-order valence-electron chi connectivity index (χ0n) is 9.11. The van der Waals surface area contributed by atoms with E-state index >= 15 is 0 Å². The maximum absolute atomic E-state index is 13.1. The number of aromatic nitrogens is 1. The van der Waals surface area contributed by atoms with E-state index in [0.29, 0.717) is 0 Å². The molecule has 5 nitrogen and oxygen atoms in total. The van der Waals surface area contributed by atoms with Crippen LogP contribution in [0, 0.1) is 11.8 Å². The molecule has 0 radical (unpaired) electrons. The highest BCUT2D eigenvalue weighted by molar-refractivity contribution is 5.94. The summed E-state index contributed by atoms with van der Waals surface area (Å²) < 4.78 is 30.5. The Kier molecular flexibility index (Phi) is 4.92. The number of aliphatic hydroxyl groups is 1. The summed E-state index contributed by atoms with van der Waals surface area (Å²) in [7, 11) is 1.39. The maximum atomic E-state index is 13.1. The highest BCUT2D eigenvalue weighted by Crippen LogP contribution is 2.08. The van der Waals surface area contributed by atoms with Crippen LogP contribution >= 0.6 is 0 Å². The Bertz CT molecular complexity index is 401. The van der Waals surface area contributed by atoms with Crippen LogP contribution in [0.2, 0.25) is 0 Å². The SMILES string of the molecule is COCC(O)CNC(=O)c1ccnc(F)c1F. The first-order valence-electron chi connectivity index (χ1n) is 4.81. The molecule has 0 aliphatic rings. The van der Waals surface area contributed by atoms with E-state index in [1.807, 2.05) is 0 Å². The lowest BCUT2D eigenvalue weighted by molar-refractivity contribution is 0.0608. The second-order valence-electron chi connectivity index (χ2n) is 3.28. The minimum absolute atomic E-state index is 0.0352. The summed E-state index contributed by atoms with van der Waals surface area (Å²) in [5.41, 5.74) is -0.456. The van der Waals surface area contributed by atoms with Crippen molar-refractivity contribution in [2.24, 2.45) is 0 Å². The molecule has 2 N–H and O–H groups in total. The summed E-state index contributed by atoms with van der Waals surface area (Å²) in [6.07, 6.45) is 0.0810. The van der Waals surface area contributed by atoms with E-state index < -0.39 is 29.3 Å². The fraction of sp³-hybridized carbons (Fsp3) is 0.400. The van der Waals surface area contributed by atoms with E-state index in [1.54, 1.807) is 0 Å². The predicted molar refractivity (Wildman–Crippen MR) is 54.4 cm³/mol. The third kappa shape index (κ3) is 3.72. The normalized spacial score (nSPS) is 12.2. The van der Waals surface area contributed by atoms with Gasteiger partial charge in [-0.3, -0.25) is 4.79 Å². The number of rotatable bonds is 5. The van der Waals surface area contributed by atoms with E-state index in [9.17, 15) is 18.7 Å². The lowest BCUT2D eigenvalue weighted by Gasteiger charge is -2.10. The van der Waals surface area contributed by atoms with Gasteiger partial charge in [-0.05, 0) is 6.07 Å². The van der Waals surface area contributed by atoms with Gasteiger partial charge in [-0.1, -0.05) is 0 Å². The van der Waals surface area contributed by atoms with Gasteiger partial charge < -0.3 is 15.2 Å². The number of nitrogens with one attached hydrogen (secondary N) is 1. The number of hydrogen-bond donors (Lipinski definition) is 2. The molecule has 7 heteroatoms. The molecule has 0 aliphatic heterocycles. The second kappa shape index (κ2) is 6.21. The fourth-order valence-electron chi connectivity index (χ4n) is 1.15. The van der Waals surface area contributed by atoms with Gasteiger partial charge >= 0.3 is 0 Å². The summed E-state index contributed by atoms with van der Waals surface area (Å²) in [6.45, 7) is -0.0798. The summed E-state index contributed by atoms with van der Waals surface area (Å²) in [6, 6.07) is 1.05. The third-order valence-electron chi connectivity index (χ3n) is 1.95. The van der Waals surface area contributed by atoms with Crippen LogP contribution in [0.5, 0.6) is 0 Å². The van der Waals surface area contributed by atoms with Gasteiger partial charge in [0.25, 0.3) is 5.91 Å². The number of carbonyl (C=O) groups excluding carboxylic acids is 1. The van der Waals surface area contributed by atoms with Crippen molar-refractivity contribution < 1.29 is 23.4 Å². The summed E-state index contributed by atoms with van der Waals surface area (Å²) >= 11 is 0. The van der Waals surface area contributed by atoms with Crippen molar-refractivity contribution in [2.75, 3.05) is 20.3 Å². The zero-order valence-corrected chi connectivity index (χ0v) is 9.11. The van der Waals surface area contributed by atoms with E-state index in [1.165, 1.54) is 7.11 Å². The lowest BCUT2D eigenvalue weighted by atomic mass is 10.2. The molecular weight excluding hydrogens is 234 g/mol. The Hall–Kier alpha value is -1.60. The Morgan fingerprint density at radius 3 is 3.00 bits per heavy atom. The van der Waals surface area contributed by atoms with Crippen molar-refractivity contribution in [3.8, 4) is 0 Å². The van der Waals surface area contributed by atoms with Crippen molar-refractivity contribution in [3.63, 3.8) is 0 Å². The number of amides is 1. The molecule has 0 saturated carbocycles. The van der Waals surface area contributed by atoms with Gasteiger partial charge in [0.05, 0.1) is 18.3 Å². The molecule has 0 spiro atoms. The van der Waals surface area contributed by atoms with Crippen LogP contribution in [0.4, 0.5) is 8.78 Å². The number of nitrogens with zero attached hydrogens (tertiary/aromatic N) is 1. The van der Waals surface area contributed by atoms with E-state index in [2.05, 4.69) is 15.0 Å². The molecule has 1 rings (SSSR count). The molecule has 0 aromatic carbocycles. The average Bonchev–Trinajstić information content (AvgIpc) is 2.30. The number of ether oxygens (including phenoxy) is 1. The molecule has 0 bridgehead atoms. The lowest BCUT2D eigenvalue weighted by Crippen LogP contribution is -2.34. The summed E-state index contributed by atoms with van der Waals surface area (Å²) in [5.74, 6) is -3.47. The van der Waals surface area contributed by atoms with Gasteiger partial charge in [0.1, 0.15) is 0 Å². The van der Waals surface area contributed by atoms with E-state index in [0.717, 1.165) is 12.3 Å². The van der Waals surface area contributed by atoms with Crippen LogP contribution in [0.15, 0.2) is 12.3 Å². The molecule has 94 valence electrons. The van der Waals surface area contributed by atoms with E-state index in [4.69, 9.17) is 0 Å². The first-order chi connectivity index (χ1) is 8.06. The quantitative estimate of drug-likeness (QED) is 0.723. The van der Waals surface area contributed by atoms with Crippen molar-refractivity contribution >= 4 is 5.91 Å². The number of pyridine rings is 1. The maximum Gasteiger partial charge on any atom is 0.254 e. The van der Waals surface area contributed by atoms with Gasteiger partial charge in [-0.2, -0.15) is 4.39 Å².